The third kappa shape index (κ3) is 6.03. The number of carbonyl (C=O) groups excluding carboxylic acids is 2. The van der Waals surface area contributed by atoms with Crippen LogP contribution in [-0.2, 0) is 16.0 Å². The van der Waals surface area contributed by atoms with Crippen molar-refractivity contribution in [3.63, 3.8) is 0 Å². The van der Waals surface area contributed by atoms with Gasteiger partial charge in [-0.3, -0.25) is 9.59 Å². The number of hydrogen-bond donors (Lipinski definition) is 2. The van der Waals surface area contributed by atoms with E-state index in [9.17, 15) is 9.59 Å². The number of benzene rings is 2. The zero-order valence-corrected chi connectivity index (χ0v) is 16.2. The van der Waals surface area contributed by atoms with Gasteiger partial charge in [0, 0.05) is 29.6 Å². The van der Waals surface area contributed by atoms with Gasteiger partial charge < -0.3 is 15.4 Å². The summed E-state index contributed by atoms with van der Waals surface area (Å²) in [7, 11) is 0. The number of amides is 2. The molecule has 2 aromatic rings. The minimum atomic E-state index is -0.0564. The highest BCUT2D eigenvalue weighted by molar-refractivity contribution is 7.99. The van der Waals surface area contributed by atoms with Crippen LogP contribution in [0, 0.1) is 0 Å². The van der Waals surface area contributed by atoms with E-state index < -0.39 is 0 Å². The number of rotatable bonds is 8. The van der Waals surface area contributed by atoms with E-state index in [-0.39, 0.29) is 11.8 Å². The summed E-state index contributed by atoms with van der Waals surface area (Å²) in [6, 6.07) is 13.8. The van der Waals surface area contributed by atoms with Crippen LogP contribution in [0.3, 0.4) is 0 Å². The quantitative estimate of drug-likeness (QED) is 0.520. The Morgan fingerprint density at radius 3 is 2.74 bits per heavy atom. The summed E-state index contributed by atoms with van der Waals surface area (Å²) in [5.41, 5.74) is 2.87. The fraction of sp³-hybridized carbons (Fsp3) is 0.333. The SMILES string of the molecule is CC(=O)Nc1ccc(SCCCCOc2ccc3c(c2)CCC(=O)N3)cc1. The summed E-state index contributed by atoms with van der Waals surface area (Å²) in [5.74, 6) is 1.92. The minimum Gasteiger partial charge on any atom is -0.494 e. The zero-order valence-electron chi connectivity index (χ0n) is 15.4. The molecule has 0 bridgehead atoms. The first-order chi connectivity index (χ1) is 13.1. The number of anilines is 2. The number of aryl methyl sites for hydroxylation is 1. The zero-order chi connectivity index (χ0) is 19.1. The van der Waals surface area contributed by atoms with Crippen LogP contribution in [0.1, 0.15) is 31.7 Å². The van der Waals surface area contributed by atoms with Crippen LogP contribution in [0.25, 0.3) is 0 Å². The topological polar surface area (TPSA) is 67.4 Å². The van der Waals surface area contributed by atoms with E-state index in [4.69, 9.17) is 4.74 Å². The Morgan fingerprint density at radius 1 is 1.15 bits per heavy atom. The summed E-state index contributed by atoms with van der Waals surface area (Å²) in [6.45, 7) is 2.19. The lowest BCUT2D eigenvalue weighted by molar-refractivity contribution is -0.116. The maximum atomic E-state index is 11.4. The molecule has 1 aliphatic heterocycles. The largest absolute Gasteiger partial charge is 0.494 e. The summed E-state index contributed by atoms with van der Waals surface area (Å²) >= 11 is 1.80. The van der Waals surface area contributed by atoms with Gasteiger partial charge in [0.25, 0.3) is 0 Å². The molecule has 1 aliphatic rings. The number of nitrogens with one attached hydrogen (secondary N) is 2. The molecule has 2 N–H and O–H groups in total. The van der Waals surface area contributed by atoms with Crippen LogP contribution < -0.4 is 15.4 Å². The average Bonchev–Trinajstić information content (AvgIpc) is 2.65. The molecule has 0 aromatic heterocycles. The van der Waals surface area contributed by atoms with Gasteiger partial charge in [0.15, 0.2) is 0 Å². The first-order valence-electron chi connectivity index (χ1n) is 9.16. The van der Waals surface area contributed by atoms with E-state index in [0.29, 0.717) is 13.0 Å². The Kier molecular flexibility index (Phi) is 6.76. The highest BCUT2D eigenvalue weighted by Gasteiger charge is 2.14. The van der Waals surface area contributed by atoms with E-state index in [1.807, 2.05) is 42.5 Å². The van der Waals surface area contributed by atoms with Crippen molar-refractivity contribution in [1.29, 1.82) is 0 Å². The molecule has 0 saturated carbocycles. The Hall–Kier alpha value is -2.47. The first kappa shape index (κ1) is 19.3. The van der Waals surface area contributed by atoms with Crippen LogP contribution in [0.2, 0.25) is 0 Å². The molecule has 27 heavy (non-hydrogen) atoms. The van der Waals surface area contributed by atoms with Crippen molar-refractivity contribution >= 4 is 35.0 Å². The molecule has 0 aliphatic carbocycles. The predicted octanol–water partition coefficient (Wildman–Crippen LogP) is 4.48. The number of fused-ring (bicyclic) bond motifs is 1. The highest BCUT2D eigenvalue weighted by Crippen LogP contribution is 2.27. The van der Waals surface area contributed by atoms with E-state index in [2.05, 4.69) is 10.6 Å². The van der Waals surface area contributed by atoms with Crippen LogP contribution in [0.15, 0.2) is 47.4 Å². The molecule has 0 fully saturated rings. The number of hydrogen-bond acceptors (Lipinski definition) is 4. The van der Waals surface area contributed by atoms with Gasteiger partial charge >= 0.3 is 0 Å². The van der Waals surface area contributed by atoms with Crippen LogP contribution >= 0.6 is 11.8 Å². The molecule has 2 aromatic carbocycles. The molecule has 0 radical (unpaired) electrons. The van der Waals surface area contributed by atoms with Crippen LogP contribution in [0.4, 0.5) is 11.4 Å². The molecule has 1 heterocycles. The smallest absolute Gasteiger partial charge is 0.224 e. The van der Waals surface area contributed by atoms with E-state index in [0.717, 1.165) is 47.7 Å². The van der Waals surface area contributed by atoms with E-state index >= 15 is 0 Å². The van der Waals surface area contributed by atoms with Gasteiger partial charge in [-0.25, -0.2) is 0 Å². The molecule has 0 atom stereocenters. The molecule has 142 valence electrons. The molecule has 3 rings (SSSR count). The molecule has 0 saturated heterocycles. The molecular weight excluding hydrogens is 360 g/mol. The number of carbonyl (C=O) groups is 2. The second-order valence-electron chi connectivity index (χ2n) is 6.48. The second-order valence-corrected chi connectivity index (χ2v) is 7.65. The fourth-order valence-electron chi connectivity index (χ4n) is 2.87. The lowest BCUT2D eigenvalue weighted by Crippen LogP contribution is -2.18. The molecule has 0 unspecified atom stereocenters. The third-order valence-electron chi connectivity index (χ3n) is 4.22. The predicted molar refractivity (Wildman–Crippen MR) is 110 cm³/mol. The lowest BCUT2D eigenvalue weighted by atomic mass is 10.0. The standard InChI is InChI=1S/C21H24N2O3S/c1-15(24)22-17-5-8-19(9-6-17)27-13-3-2-12-26-18-7-10-20-16(14-18)4-11-21(25)23-20/h5-10,14H,2-4,11-13H2,1H3,(H,22,24)(H,23,25). The molecule has 2 amide bonds. The Balaban J connectivity index is 1.34. The summed E-state index contributed by atoms with van der Waals surface area (Å²) in [6.07, 6.45) is 3.37. The monoisotopic (exact) mass is 384 g/mol. The fourth-order valence-corrected chi connectivity index (χ4v) is 3.78. The van der Waals surface area contributed by atoms with Crippen molar-refractivity contribution < 1.29 is 14.3 Å². The first-order valence-corrected chi connectivity index (χ1v) is 10.1. The normalized spacial score (nSPS) is 12.9. The minimum absolute atomic E-state index is 0.0564. The van der Waals surface area contributed by atoms with Gasteiger partial charge in [0.05, 0.1) is 6.61 Å². The number of unbranched alkanes of at least 4 members (excludes halogenated alkanes) is 1. The Bertz CT molecular complexity index is 806. The van der Waals surface area contributed by atoms with Gasteiger partial charge in [-0.2, -0.15) is 0 Å². The molecular formula is C21H24N2O3S. The van der Waals surface area contributed by atoms with E-state index in [1.165, 1.54) is 11.8 Å². The summed E-state index contributed by atoms with van der Waals surface area (Å²) in [5, 5.41) is 5.65. The van der Waals surface area contributed by atoms with Crippen molar-refractivity contribution in [3.8, 4) is 5.75 Å². The maximum absolute atomic E-state index is 11.4. The molecule has 0 spiro atoms. The van der Waals surface area contributed by atoms with Gasteiger partial charge in [-0.1, -0.05) is 0 Å². The van der Waals surface area contributed by atoms with Crippen molar-refractivity contribution in [2.24, 2.45) is 0 Å². The number of ether oxygens (including phenoxy) is 1. The third-order valence-corrected chi connectivity index (χ3v) is 5.32. The van der Waals surface area contributed by atoms with Crippen molar-refractivity contribution in [3.05, 3.63) is 48.0 Å². The summed E-state index contributed by atoms with van der Waals surface area (Å²) < 4.78 is 5.84. The van der Waals surface area contributed by atoms with Gasteiger partial charge in [-0.05, 0) is 73.0 Å². The molecule has 5 nitrogen and oxygen atoms in total. The molecule has 6 heteroatoms. The highest BCUT2D eigenvalue weighted by atomic mass is 32.2. The van der Waals surface area contributed by atoms with Crippen molar-refractivity contribution in [1.82, 2.24) is 0 Å². The maximum Gasteiger partial charge on any atom is 0.224 e. The van der Waals surface area contributed by atoms with Crippen molar-refractivity contribution in [2.45, 2.75) is 37.5 Å². The van der Waals surface area contributed by atoms with Gasteiger partial charge in [0.2, 0.25) is 11.8 Å². The summed E-state index contributed by atoms with van der Waals surface area (Å²) in [4.78, 5) is 23.6. The van der Waals surface area contributed by atoms with E-state index in [1.54, 1.807) is 11.8 Å². The lowest BCUT2D eigenvalue weighted by Gasteiger charge is -2.17. The van der Waals surface area contributed by atoms with Crippen LogP contribution in [0.5, 0.6) is 5.75 Å². The van der Waals surface area contributed by atoms with Crippen LogP contribution in [-0.4, -0.2) is 24.2 Å². The van der Waals surface area contributed by atoms with Crippen molar-refractivity contribution in [2.75, 3.05) is 23.0 Å². The van der Waals surface area contributed by atoms with Gasteiger partial charge in [0.1, 0.15) is 5.75 Å². The Labute approximate surface area is 163 Å². The van der Waals surface area contributed by atoms with Gasteiger partial charge in [-0.15, -0.1) is 11.8 Å². The average molecular weight is 385 g/mol. The second kappa shape index (κ2) is 9.46. The Morgan fingerprint density at radius 2 is 1.96 bits per heavy atom. The number of thioether (sulfide) groups is 1.